The molecule has 0 saturated heterocycles. The molecule has 0 aliphatic heterocycles. The molecule has 0 unspecified atom stereocenters. The maximum absolute atomic E-state index is 12.5. The Morgan fingerprint density at radius 3 is 2.33 bits per heavy atom. The summed E-state index contributed by atoms with van der Waals surface area (Å²) >= 11 is 3.85. The van der Waals surface area contributed by atoms with Crippen LogP contribution in [0.5, 0.6) is 0 Å². The van der Waals surface area contributed by atoms with Crippen molar-refractivity contribution in [2.24, 2.45) is 0 Å². The number of aromatic nitrogens is 2. The minimum atomic E-state index is -5.18. The minimum Gasteiger partial charge on any atom is -0.334 e. The molecule has 2 rings (SSSR count). The molecule has 1 aromatic heterocycles. The maximum Gasteiger partial charge on any atom is 0.471 e. The second-order valence-electron chi connectivity index (χ2n) is 3.92. The third-order valence-electron chi connectivity index (χ3n) is 2.35. The number of fused-ring (bicyclic) bond motifs is 1. The number of nitrogens with zero attached hydrogens (tertiary/aromatic N) is 1. The second-order valence-corrected chi connectivity index (χ2v) is 4.44. The van der Waals surface area contributed by atoms with E-state index < -0.39 is 35.3 Å². The van der Waals surface area contributed by atoms with Crippen molar-refractivity contribution in [2.75, 3.05) is 5.32 Å². The van der Waals surface area contributed by atoms with Crippen molar-refractivity contribution in [3.8, 4) is 0 Å². The van der Waals surface area contributed by atoms with Gasteiger partial charge in [0.15, 0.2) is 0 Å². The fourth-order valence-corrected chi connectivity index (χ4v) is 1.78. The minimum absolute atomic E-state index is 0.0531. The van der Waals surface area contributed by atoms with Crippen LogP contribution in [0.25, 0.3) is 11.0 Å². The molecule has 0 bridgehead atoms. The van der Waals surface area contributed by atoms with Gasteiger partial charge in [-0.25, -0.2) is 4.98 Å². The van der Waals surface area contributed by atoms with Gasteiger partial charge in [0, 0.05) is 4.90 Å². The van der Waals surface area contributed by atoms with E-state index in [1.165, 1.54) is 5.32 Å². The molecular formula is C10H5F6N3OS. The molecule has 1 aromatic carbocycles. The molecule has 1 heterocycles. The number of nitrogens with one attached hydrogen (secondary N) is 2. The summed E-state index contributed by atoms with van der Waals surface area (Å²) in [5.41, 5.74) is -1.17. The monoisotopic (exact) mass is 329 g/mol. The van der Waals surface area contributed by atoms with Gasteiger partial charge in [0.05, 0.1) is 11.2 Å². The highest BCUT2D eigenvalue weighted by molar-refractivity contribution is 7.80. The van der Waals surface area contributed by atoms with Gasteiger partial charge >= 0.3 is 18.3 Å². The molecule has 114 valence electrons. The highest BCUT2D eigenvalue weighted by Crippen LogP contribution is 2.33. The molecule has 11 heteroatoms. The van der Waals surface area contributed by atoms with Crippen LogP contribution in [0.1, 0.15) is 5.82 Å². The van der Waals surface area contributed by atoms with Crippen LogP contribution in [0.15, 0.2) is 17.0 Å². The molecule has 0 spiro atoms. The van der Waals surface area contributed by atoms with Gasteiger partial charge in [-0.1, -0.05) is 0 Å². The Hall–Kier alpha value is -1.91. The maximum atomic E-state index is 12.5. The largest absolute Gasteiger partial charge is 0.471 e. The smallest absolute Gasteiger partial charge is 0.334 e. The van der Waals surface area contributed by atoms with Crippen molar-refractivity contribution in [3.05, 3.63) is 18.0 Å². The van der Waals surface area contributed by atoms with Crippen LogP contribution in [0.4, 0.5) is 32.0 Å². The van der Waals surface area contributed by atoms with Gasteiger partial charge in [-0.05, 0) is 12.1 Å². The Balaban J connectivity index is 2.53. The Morgan fingerprint density at radius 2 is 1.81 bits per heavy atom. The SMILES string of the molecule is O=C(Nc1cc(S)cc2[nH]c(C(F)(F)F)nc12)C(F)(F)F. The van der Waals surface area contributed by atoms with Crippen molar-refractivity contribution >= 4 is 35.3 Å². The molecule has 2 N–H and O–H groups in total. The van der Waals surface area contributed by atoms with Gasteiger partial charge < -0.3 is 10.3 Å². The molecule has 2 aromatic rings. The third kappa shape index (κ3) is 3.23. The fraction of sp³-hybridized carbons (Fsp3) is 0.200. The molecule has 1 amide bonds. The molecular weight excluding hydrogens is 324 g/mol. The number of rotatable bonds is 1. The fourth-order valence-electron chi connectivity index (χ4n) is 1.53. The molecule has 0 saturated carbocycles. The van der Waals surface area contributed by atoms with E-state index in [2.05, 4.69) is 17.6 Å². The van der Waals surface area contributed by atoms with E-state index >= 15 is 0 Å². The van der Waals surface area contributed by atoms with Crippen LogP contribution in [0.2, 0.25) is 0 Å². The number of anilines is 1. The zero-order chi connectivity index (χ0) is 16.0. The number of thiol groups is 1. The summed E-state index contributed by atoms with van der Waals surface area (Å²) in [4.78, 5) is 16.0. The highest BCUT2D eigenvalue weighted by atomic mass is 32.1. The van der Waals surface area contributed by atoms with Gasteiger partial charge in [-0.2, -0.15) is 26.3 Å². The number of amides is 1. The topological polar surface area (TPSA) is 57.8 Å². The molecule has 0 atom stereocenters. The Bertz CT molecular complexity index is 705. The lowest BCUT2D eigenvalue weighted by molar-refractivity contribution is -0.167. The number of hydrogen-bond acceptors (Lipinski definition) is 3. The number of H-pyrrole nitrogens is 1. The standard InChI is InChI=1S/C10H5F6N3OS/c11-9(12,13)7-17-4-1-3(21)2-5(6(4)19-7)18-8(20)10(14,15)16/h1-2,21H,(H,17,19)(H,18,20). The molecule has 0 radical (unpaired) electrons. The summed E-state index contributed by atoms with van der Waals surface area (Å²) < 4.78 is 74.2. The Labute approximate surface area is 117 Å². The van der Waals surface area contributed by atoms with Crippen LogP contribution in [-0.4, -0.2) is 22.1 Å². The van der Waals surface area contributed by atoms with Gasteiger partial charge in [-0.15, -0.1) is 12.6 Å². The van der Waals surface area contributed by atoms with Crippen molar-refractivity contribution < 1.29 is 31.1 Å². The summed E-state index contributed by atoms with van der Waals surface area (Å²) in [5, 5.41) is 1.47. The quantitative estimate of drug-likeness (QED) is 0.555. The molecule has 21 heavy (non-hydrogen) atoms. The van der Waals surface area contributed by atoms with E-state index in [1.54, 1.807) is 0 Å². The van der Waals surface area contributed by atoms with Crippen LogP contribution >= 0.6 is 12.6 Å². The first kappa shape index (κ1) is 15.5. The molecule has 0 aliphatic carbocycles. The average molecular weight is 329 g/mol. The molecule has 4 nitrogen and oxygen atoms in total. The van der Waals surface area contributed by atoms with E-state index in [9.17, 15) is 31.1 Å². The summed E-state index contributed by atoms with van der Waals surface area (Å²) in [6.07, 6.45) is -9.98. The van der Waals surface area contributed by atoms with Crippen LogP contribution in [0, 0.1) is 0 Å². The zero-order valence-electron chi connectivity index (χ0n) is 9.73. The number of carbonyl (C=O) groups is 1. The lowest BCUT2D eigenvalue weighted by Crippen LogP contribution is -2.30. The number of hydrogen-bond donors (Lipinski definition) is 3. The highest BCUT2D eigenvalue weighted by Gasteiger charge is 2.39. The number of benzene rings is 1. The van der Waals surface area contributed by atoms with Gasteiger partial charge in [-0.3, -0.25) is 4.79 Å². The summed E-state index contributed by atoms with van der Waals surface area (Å²) in [5.74, 6) is -3.71. The number of halogens is 6. The molecule has 0 aliphatic rings. The summed E-state index contributed by atoms with van der Waals surface area (Å²) in [6.45, 7) is 0. The first-order valence-electron chi connectivity index (χ1n) is 5.16. The zero-order valence-corrected chi connectivity index (χ0v) is 10.6. The van der Waals surface area contributed by atoms with Crippen molar-refractivity contribution in [1.82, 2.24) is 9.97 Å². The van der Waals surface area contributed by atoms with E-state index in [1.807, 2.05) is 4.98 Å². The summed E-state index contributed by atoms with van der Waals surface area (Å²) in [6, 6.07) is 2.11. The number of carbonyl (C=O) groups excluding carboxylic acids is 1. The van der Waals surface area contributed by atoms with Gasteiger partial charge in [0.25, 0.3) is 0 Å². The van der Waals surface area contributed by atoms with Crippen LogP contribution in [0.3, 0.4) is 0 Å². The number of imidazole rings is 1. The lowest BCUT2D eigenvalue weighted by atomic mass is 10.2. The second kappa shape index (κ2) is 4.83. The Morgan fingerprint density at radius 1 is 1.19 bits per heavy atom. The lowest BCUT2D eigenvalue weighted by Gasteiger charge is -2.08. The van der Waals surface area contributed by atoms with E-state index in [0.717, 1.165) is 12.1 Å². The first-order chi connectivity index (χ1) is 9.48. The molecule has 0 fully saturated rings. The van der Waals surface area contributed by atoms with Crippen LogP contribution in [-0.2, 0) is 11.0 Å². The predicted molar refractivity (Wildman–Crippen MR) is 63.0 cm³/mol. The van der Waals surface area contributed by atoms with Gasteiger partial charge in [0.1, 0.15) is 5.52 Å². The number of aromatic amines is 1. The van der Waals surface area contributed by atoms with Crippen molar-refractivity contribution in [1.29, 1.82) is 0 Å². The van der Waals surface area contributed by atoms with Crippen molar-refractivity contribution in [3.63, 3.8) is 0 Å². The normalized spacial score (nSPS) is 12.7. The third-order valence-corrected chi connectivity index (χ3v) is 2.60. The first-order valence-corrected chi connectivity index (χ1v) is 5.61. The van der Waals surface area contributed by atoms with Crippen LogP contribution < -0.4 is 5.32 Å². The average Bonchev–Trinajstić information content (AvgIpc) is 2.70. The Kier molecular flexibility index (Phi) is 3.56. The summed E-state index contributed by atoms with van der Waals surface area (Å²) in [7, 11) is 0. The van der Waals surface area contributed by atoms with Crippen molar-refractivity contribution in [2.45, 2.75) is 17.2 Å². The van der Waals surface area contributed by atoms with E-state index in [0.29, 0.717) is 0 Å². The van der Waals surface area contributed by atoms with Gasteiger partial charge in [0.2, 0.25) is 5.82 Å². The predicted octanol–water partition coefficient (Wildman–Crippen LogP) is 3.37. The van der Waals surface area contributed by atoms with E-state index in [4.69, 9.17) is 0 Å². The van der Waals surface area contributed by atoms with E-state index in [-0.39, 0.29) is 10.4 Å². The number of alkyl halides is 6.